The van der Waals surface area contributed by atoms with Crippen molar-refractivity contribution < 1.29 is 9.53 Å². The SMILES string of the molecule is CCOC(=O)N1CC2(CC[C@@H](N3CCN(c4ncccc4-c4cnn(CC(C)(C)C)c4)CC3)C2)C1. The summed E-state index contributed by atoms with van der Waals surface area (Å²) in [6.45, 7) is 15.7. The van der Waals surface area contributed by atoms with E-state index in [1.807, 2.05) is 35.0 Å². The van der Waals surface area contributed by atoms with Crippen LogP contribution in [0.1, 0.15) is 47.0 Å². The highest BCUT2D eigenvalue weighted by molar-refractivity contribution is 5.75. The van der Waals surface area contributed by atoms with Crippen molar-refractivity contribution >= 4 is 11.9 Å². The summed E-state index contributed by atoms with van der Waals surface area (Å²) in [6.07, 6.45) is 9.53. The molecule has 4 heterocycles. The van der Waals surface area contributed by atoms with E-state index in [9.17, 15) is 4.79 Å². The van der Waals surface area contributed by atoms with Crippen molar-refractivity contribution in [3.63, 3.8) is 0 Å². The van der Waals surface area contributed by atoms with Crippen molar-refractivity contribution in [2.75, 3.05) is 50.8 Å². The molecule has 0 aromatic carbocycles. The van der Waals surface area contributed by atoms with E-state index in [1.54, 1.807) is 0 Å². The number of hydrogen-bond donors (Lipinski definition) is 0. The second-order valence-electron chi connectivity index (χ2n) is 11.8. The van der Waals surface area contributed by atoms with Gasteiger partial charge < -0.3 is 14.5 Å². The number of nitrogens with zero attached hydrogens (tertiary/aromatic N) is 6. The minimum atomic E-state index is -0.148. The summed E-state index contributed by atoms with van der Waals surface area (Å²) in [5.41, 5.74) is 2.80. The lowest BCUT2D eigenvalue weighted by Crippen LogP contribution is -2.58. The molecule has 5 rings (SSSR count). The molecule has 35 heavy (non-hydrogen) atoms. The predicted octanol–water partition coefficient (Wildman–Crippen LogP) is 4.12. The zero-order valence-corrected chi connectivity index (χ0v) is 21.7. The van der Waals surface area contributed by atoms with Gasteiger partial charge in [0.2, 0.25) is 0 Å². The molecule has 0 unspecified atom stereocenters. The van der Waals surface area contributed by atoms with Gasteiger partial charge in [-0.3, -0.25) is 9.58 Å². The third-order valence-corrected chi connectivity index (χ3v) is 7.75. The van der Waals surface area contributed by atoms with E-state index in [2.05, 4.69) is 47.9 Å². The minimum absolute atomic E-state index is 0.148. The number of ether oxygens (including phenoxy) is 1. The van der Waals surface area contributed by atoms with Crippen LogP contribution in [0.5, 0.6) is 0 Å². The van der Waals surface area contributed by atoms with Crippen LogP contribution in [0.2, 0.25) is 0 Å². The first-order chi connectivity index (χ1) is 16.8. The molecule has 1 amide bonds. The van der Waals surface area contributed by atoms with E-state index < -0.39 is 0 Å². The normalized spacial score (nSPS) is 22.5. The second-order valence-corrected chi connectivity index (χ2v) is 11.8. The van der Waals surface area contributed by atoms with E-state index in [1.165, 1.54) is 19.3 Å². The Kier molecular flexibility index (Phi) is 6.51. The topological polar surface area (TPSA) is 66.7 Å². The third kappa shape index (κ3) is 5.17. The van der Waals surface area contributed by atoms with Crippen LogP contribution in [0.3, 0.4) is 0 Å². The number of hydrogen-bond acceptors (Lipinski definition) is 6. The zero-order chi connectivity index (χ0) is 24.6. The molecule has 0 bridgehead atoms. The lowest BCUT2D eigenvalue weighted by molar-refractivity contribution is -0.00294. The fraction of sp³-hybridized carbons (Fsp3) is 0.667. The molecule has 0 N–H and O–H groups in total. The number of piperazine rings is 1. The summed E-state index contributed by atoms with van der Waals surface area (Å²) >= 11 is 0. The quantitative estimate of drug-likeness (QED) is 0.641. The molecule has 0 radical (unpaired) electrons. The van der Waals surface area contributed by atoms with Crippen LogP contribution in [-0.4, -0.2) is 82.6 Å². The molecule has 2 saturated heterocycles. The maximum absolute atomic E-state index is 12.0. The number of aromatic nitrogens is 3. The third-order valence-electron chi connectivity index (χ3n) is 7.75. The van der Waals surface area contributed by atoms with E-state index in [4.69, 9.17) is 9.72 Å². The zero-order valence-electron chi connectivity index (χ0n) is 21.7. The standard InChI is InChI=1S/C27H40N6O2/c1-5-35-25(34)32-19-27(20-32)9-8-22(15-27)30-11-13-31(14-12-30)24-23(7-6-10-28-24)21-16-29-33(17-21)18-26(2,3)4/h6-7,10,16-17,22H,5,8-9,11-15,18-20H2,1-4H3/t22-/m1/s1. The Morgan fingerprint density at radius 2 is 1.97 bits per heavy atom. The Bertz CT molecular complexity index is 1030. The van der Waals surface area contributed by atoms with E-state index >= 15 is 0 Å². The Balaban J connectivity index is 1.18. The number of pyridine rings is 1. The first-order valence-electron chi connectivity index (χ1n) is 13.1. The van der Waals surface area contributed by atoms with Crippen LogP contribution >= 0.6 is 0 Å². The molecule has 2 aliphatic heterocycles. The van der Waals surface area contributed by atoms with E-state index in [0.717, 1.165) is 62.8 Å². The molecule has 1 spiro atoms. The molecule has 1 saturated carbocycles. The van der Waals surface area contributed by atoms with Gasteiger partial charge >= 0.3 is 6.09 Å². The second kappa shape index (κ2) is 9.45. The average molecular weight is 481 g/mol. The van der Waals surface area contributed by atoms with Gasteiger partial charge in [0.05, 0.1) is 12.8 Å². The maximum Gasteiger partial charge on any atom is 0.409 e. The number of carbonyl (C=O) groups is 1. The number of rotatable bonds is 5. The molecule has 2 aromatic heterocycles. The van der Waals surface area contributed by atoms with Crippen molar-refractivity contribution in [3.05, 3.63) is 30.7 Å². The highest BCUT2D eigenvalue weighted by Gasteiger charge is 2.51. The van der Waals surface area contributed by atoms with Gasteiger partial charge in [0.15, 0.2) is 0 Å². The molecule has 3 fully saturated rings. The van der Waals surface area contributed by atoms with Crippen LogP contribution < -0.4 is 4.90 Å². The molecule has 8 nitrogen and oxygen atoms in total. The van der Waals surface area contributed by atoms with Crippen molar-refractivity contribution in [2.45, 2.75) is 59.5 Å². The smallest absolute Gasteiger partial charge is 0.409 e. The van der Waals surface area contributed by atoms with Crippen LogP contribution in [0.15, 0.2) is 30.7 Å². The fourth-order valence-electron chi connectivity index (χ4n) is 6.13. The summed E-state index contributed by atoms with van der Waals surface area (Å²) in [5, 5.41) is 4.61. The largest absolute Gasteiger partial charge is 0.450 e. The number of likely N-dealkylation sites (tertiary alicyclic amines) is 1. The number of anilines is 1. The number of amides is 1. The first kappa shape index (κ1) is 24.1. The molecule has 190 valence electrons. The Labute approximate surface area is 209 Å². The van der Waals surface area contributed by atoms with Crippen LogP contribution in [0.25, 0.3) is 11.1 Å². The highest BCUT2D eigenvalue weighted by Crippen LogP contribution is 2.47. The van der Waals surface area contributed by atoms with Gasteiger partial charge in [-0.05, 0) is 43.7 Å². The van der Waals surface area contributed by atoms with Crippen molar-refractivity contribution in [3.8, 4) is 11.1 Å². The molecular weight excluding hydrogens is 440 g/mol. The molecule has 1 aliphatic carbocycles. The van der Waals surface area contributed by atoms with Gasteiger partial charge in [0.25, 0.3) is 0 Å². The molecule has 2 aromatic rings. The van der Waals surface area contributed by atoms with Crippen molar-refractivity contribution in [2.24, 2.45) is 10.8 Å². The Morgan fingerprint density at radius 3 is 2.69 bits per heavy atom. The van der Waals surface area contributed by atoms with Crippen LogP contribution in [0.4, 0.5) is 10.6 Å². The van der Waals surface area contributed by atoms with Gasteiger partial charge in [0.1, 0.15) is 5.82 Å². The maximum atomic E-state index is 12.0. The van der Waals surface area contributed by atoms with Crippen LogP contribution in [0, 0.1) is 10.8 Å². The molecule has 3 aliphatic rings. The van der Waals surface area contributed by atoms with E-state index in [-0.39, 0.29) is 11.5 Å². The lowest BCUT2D eigenvalue weighted by atomic mass is 9.78. The summed E-state index contributed by atoms with van der Waals surface area (Å²) < 4.78 is 7.21. The lowest BCUT2D eigenvalue weighted by Gasteiger charge is -2.48. The summed E-state index contributed by atoms with van der Waals surface area (Å²) in [7, 11) is 0. The fourth-order valence-corrected chi connectivity index (χ4v) is 6.13. The summed E-state index contributed by atoms with van der Waals surface area (Å²) in [5.74, 6) is 1.06. The highest BCUT2D eigenvalue weighted by atomic mass is 16.6. The Morgan fingerprint density at radius 1 is 1.20 bits per heavy atom. The number of carbonyl (C=O) groups excluding carboxylic acids is 1. The van der Waals surface area contributed by atoms with E-state index in [0.29, 0.717) is 18.1 Å². The minimum Gasteiger partial charge on any atom is -0.450 e. The van der Waals surface area contributed by atoms with Crippen LogP contribution in [-0.2, 0) is 11.3 Å². The van der Waals surface area contributed by atoms with Gasteiger partial charge in [-0.25, -0.2) is 9.78 Å². The van der Waals surface area contributed by atoms with Gasteiger partial charge in [0, 0.05) is 80.8 Å². The Hall–Kier alpha value is -2.61. The molecular formula is C27H40N6O2. The van der Waals surface area contributed by atoms with Gasteiger partial charge in [-0.1, -0.05) is 20.8 Å². The van der Waals surface area contributed by atoms with Crippen molar-refractivity contribution in [1.82, 2.24) is 24.6 Å². The van der Waals surface area contributed by atoms with Gasteiger partial charge in [-0.15, -0.1) is 0 Å². The molecule has 8 heteroatoms. The van der Waals surface area contributed by atoms with Gasteiger partial charge in [-0.2, -0.15) is 5.10 Å². The summed E-state index contributed by atoms with van der Waals surface area (Å²) in [4.78, 5) is 23.8. The average Bonchev–Trinajstić information content (AvgIpc) is 3.45. The van der Waals surface area contributed by atoms with Crippen molar-refractivity contribution in [1.29, 1.82) is 0 Å². The monoisotopic (exact) mass is 480 g/mol. The predicted molar refractivity (Wildman–Crippen MR) is 137 cm³/mol. The summed E-state index contributed by atoms with van der Waals surface area (Å²) in [6, 6.07) is 4.81. The first-order valence-corrected chi connectivity index (χ1v) is 13.1. The molecule has 1 atom stereocenters.